The molecule has 1 amide bonds. The molecule has 0 saturated carbocycles. The molecule has 1 aromatic heterocycles. The van der Waals surface area contributed by atoms with Crippen LogP contribution in [-0.4, -0.2) is 49.1 Å². The lowest BCUT2D eigenvalue weighted by Gasteiger charge is -2.25. The Balaban J connectivity index is 2.28. The zero-order chi connectivity index (χ0) is 19.3. The highest BCUT2D eigenvalue weighted by molar-refractivity contribution is 5.95. The third-order valence-corrected chi connectivity index (χ3v) is 3.73. The molecular weight excluding hydrogens is 340 g/mol. The van der Waals surface area contributed by atoms with Gasteiger partial charge in [0.15, 0.2) is 5.69 Å². The summed E-state index contributed by atoms with van der Waals surface area (Å²) in [5.41, 5.74) is 0.469. The lowest BCUT2D eigenvalue weighted by molar-refractivity contribution is 0.0593. The van der Waals surface area contributed by atoms with Gasteiger partial charge in [-0.25, -0.2) is 9.78 Å². The number of esters is 1. The van der Waals surface area contributed by atoms with E-state index < -0.39 is 5.97 Å². The maximum Gasteiger partial charge on any atom is 0.360 e. The number of amides is 1. The van der Waals surface area contributed by atoms with Crippen LogP contribution in [0.5, 0.6) is 11.5 Å². The van der Waals surface area contributed by atoms with Gasteiger partial charge in [0.2, 0.25) is 5.89 Å². The number of hydrogen-bond donors (Lipinski definition) is 0. The van der Waals surface area contributed by atoms with Gasteiger partial charge in [-0.3, -0.25) is 4.79 Å². The van der Waals surface area contributed by atoms with Crippen LogP contribution in [0.15, 0.2) is 28.9 Å². The van der Waals surface area contributed by atoms with E-state index in [4.69, 9.17) is 13.9 Å². The van der Waals surface area contributed by atoms with Crippen molar-refractivity contribution < 1.29 is 28.2 Å². The van der Waals surface area contributed by atoms with Crippen molar-refractivity contribution in [2.24, 2.45) is 0 Å². The van der Waals surface area contributed by atoms with E-state index in [2.05, 4.69) is 9.72 Å². The van der Waals surface area contributed by atoms with Gasteiger partial charge in [0.1, 0.15) is 17.8 Å². The van der Waals surface area contributed by atoms with Crippen molar-refractivity contribution in [2.75, 3.05) is 21.3 Å². The Morgan fingerprint density at radius 2 is 1.73 bits per heavy atom. The Morgan fingerprint density at radius 3 is 2.23 bits per heavy atom. The van der Waals surface area contributed by atoms with Crippen molar-refractivity contribution in [1.82, 2.24) is 9.88 Å². The monoisotopic (exact) mass is 362 g/mol. The molecule has 8 nitrogen and oxygen atoms in total. The molecule has 1 heterocycles. The molecule has 0 aliphatic carbocycles. The van der Waals surface area contributed by atoms with Gasteiger partial charge in [-0.05, 0) is 26.0 Å². The Bertz CT molecular complexity index is 761. The largest absolute Gasteiger partial charge is 0.497 e. The summed E-state index contributed by atoms with van der Waals surface area (Å²) in [6.45, 7) is 3.85. The highest BCUT2D eigenvalue weighted by atomic mass is 16.5. The molecule has 0 radical (unpaired) electrons. The number of nitrogens with zero attached hydrogens (tertiary/aromatic N) is 2. The predicted molar refractivity (Wildman–Crippen MR) is 92.4 cm³/mol. The second kappa shape index (κ2) is 8.37. The normalized spacial score (nSPS) is 10.5. The van der Waals surface area contributed by atoms with Crippen LogP contribution in [0.1, 0.15) is 40.6 Å². The lowest BCUT2D eigenvalue weighted by Crippen LogP contribution is -2.36. The fourth-order valence-electron chi connectivity index (χ4n) is 2.31. The zero-order valence-corrected chi connectivity index (χ0v) is 15.4. The molecule has 0 N–H and O–H groups in total. The van der Waals surface area contributed by atoms with E-state index in [9.17, 15) is 9.59 Å². The van der Waals surface area contributed by atoms with Gasteiger partial charge < -0.3 is 23.5 Å². The van der Waals surface area contributed by atoms with E-state index in [1.165, 1.54) is 27.6 Å². The molecule has 2 rings (SSSR count). The Kier molecular flexibility index (Phi) is 6.21. The quantitative estimate of drug-likeness (QED) is 0.699. The van der Waals surface area contributed by atoms with Gasteiger partial charge in [-0.2, -0.15) is 0 Å². The molecule has 0 spiro atoms. The molecule has 0 unspecified atom stereocenters. The van der Waals surface area contributed by atoms with E-state index in [-0.39, 0.29) is 30.1 Å². The van der Waals surface area contributed by atoms with E-state index in [0.29, 0.717) is 17.1 Å². The summed E-state index contributed by atoms with van der Waals surface area (Å²) in [7, 11) is 4.30. The summed E-state index contributed by atoms with van der Waals surface area (Å²) in [4.78, 5) is 30.1. The first-order valence-electron chi connectivity index (χ1n) is 7.96. The number of carbonyl (C=O) groups is 2. The second-order valence-corrected chi connectivity index (χ2v) is 5.75. The summed E-state index contributed by atoms with van der Waals surface area (Å²) in [5, 5.41) is 0. The second-order valence-electron chi connectivity index (χ2n) is 5.75. The average molecular weight is 362 g/mol. The van der Waals surface area contributed by atoms with Crippen molar-refractivity contribution in [3.8, 4) is 11.5 Å². The first-order chi connectivity index (χ1) is 12.4. The van der Waals surface area contributed by atoms with E-state index in [1.54, 1.807) is 23.1 Å². The molecule has 140 valence electrons. The van der Waals surface area contributed by atoms with Gasteiger partial charge in [0.25, 0.3) is 5.91 Å². The first kappa shape index (κ1) is 19.3. The SMILES string of the molecule is COC(=O)c1coc(CN(C(=O)c2cc(OC)cc(OC)c2)C(C)C)n1. The molecule has 0 bridgehead atoms. The highest BCUT2D eigenvalue weighted by Crippen LogP contribution is 2.24. The molecule has 8 heteroatoms. The molecule has 0 aliphatic heterocycles. The number of rotatable bonds is 7. The van der Waals surface area contributed by atoms with Gasteiger partial charge in [-0.15, -0.1) is 0 Å². The van der Waals surface area contributed by atoms with Crippen LogP contribution in [0.3, 0.4) is 0 Å². The third-order valence-electron chi connectivity index (χ3n) is 3.73. The summed E-state index contributed by atoms with van der Waals surface area (Å²) < 4.78 is 20.3. The van der Waals surface area contributed by atoms with Crippen LogP contribution >= 0.6 is 0 Å². The fourth-order valence-corrected chi connectivity index (χ4v) is 2.31. The smallest absolute Gasteiger partial charge is 0.360 e. The molecule has 26 heavy (non-hydrogen) atoms. The number of oxazole rings is 1. The number of methoxy groups -OCH3 is 3. The van der Waals surface area contributed by atoms with Crippen LogP contribution in [0.25, 0.3) is 0 Å². The van der Waals surface area contributed by atoms with E-state index >= 15 is 0 Å². The van der Waals surface area contributed by atoms with Crippen molar-refractivity contribution in [1.29, 1.82) is 0 Å². The van der Waals surface area contributed by atoms with Crippen molar-refractivity contribution >= 4 is 11.9 Å². The summed E-state index contributed by atoms with van der Waals surface area (Å²) in [6, 6.07) is 4.83. The van der Waals surface area contributed by atoms with E-state index in [1.807, 2.05) is 13.8 Å². The van der Waals surface area contributed by atoms with Crippen LogP contribution < -0.4 is 9.47 Å². The highest BCUT2D eigenvalue weighted by Gasteiger charge is 2.23. The van der Waals surface area contributed by atoms with Gasteiger partial charge >= 0.3 is 5.97 Å². The van der Waals surface area contributed by atoms with Gasteiger partial charge in [0.05, 0.1) is 27.9 Å². The molecule has 0 atom stereocenters. The average Bonchev–Trinajstić information content (AvgIpc) is 3.12. The number of ether oxygens (including phenoxy) is 3. The zero-order valence-electron chi connectivity index (χ0n) is 15.4. The maximum atomic E-state index is 13.0. The van der Waals surface area contributed by atoms with E-state index in [0.717, 1.165) is 0 Å². The summed E-state index contributed by atoms with van der Waals surface area (Å²) >= 11 is 0. The van der Waals surface area contributed by atoms with Gasteiger partial charge in [0, 0.05) is 17.7 Å². The van der Waals surface area contributed by atoms with Crippen LogP contribution in [0.2, 0.25) is 0 Å². The lowest BCUT2D eigenvalue weighted by atomic mass is 10.1. The molecule has 0 saturated heterocycles. The minimum atomic E-state index is -0.597. The van der Waals surface area contributed by atoms with Crippen LogP contribution in [-0.2, 0) is 11.3 Å². The summed E-state index contributed by atoms with van der Waals surface area (Å²) in [5.74, 6) is 0.429. The minimum absolute atomic E-state index is 0.0571. The number of hydrogen-bond acceptors (Lipinski definition) is 7. The predicted octanol–water partition coefficient (Wildman–Crippen LogP) is 2.53. The van der Waals surface area contributed by atoms with Crippen molar-refractivity contribution in [3.63, 3.8) is 0 Å². The molecule has 1 aromatic carbocycles. The molecular formula is C18H22N2O6. The number of carbonyl (C=O) groups excluding carboxylic acids is 2. The van der Waals surface area contributed by atoms with Crippen molar-refractivity contribution in [3.05, 3.63) is 41.6 Å². The maximum absolute atomic E-state index is 13.0. The van der Waals surface area contributed by atoms with Gasteiger partial charge in [-0.1, -0.05) is 0 Å². The Labute approximate surface area is 151 Å². The number of aromatic nitrogens is 1. The van der Waals surface area contributed by atoms with Crippen LogP contribution in [0.4, 0.5) is 0 Å². The minimum Gasteiger partial charge on any atom is -0.497 e. The van der Waals surface area contributed by atoms with Crippen LogP contribution in [0, 0.1) is 0 Å². The first-order valence-corrected chi connectivity index (χ1v) is 7.96. The third kappa shape index (κ3) is 4.33. The number of benzene rings is 1. The molecule has 0 fully saturated rings. The van der Waals surface area contributed by atoms with Crippen molar-refractivity contribution in [2.45, 2.75) is 26.4 Å². The fraction of sp³-hybridized carbons (Fsp3) is 0.389. The Hall–Kier alpha value is -3.03. The Morgan fingerprint density at radius 1 is 1.12 bits per heavy atom. The molecule has 2 aromatic rings. The molecule has 0 aliphatic rings. The summed E-state index contributed by atoms with van der Waals surface area (Å²) in [6.07, 6.45) is 1.21. The standard InChI is InChI=1S/C18H22N2O6/c1-11(2)20(9-16-19-15(10-26-16)18(22)25-5)17(21)12-6-13(23-3)8-14(7-12)24-4/h6-8,10-11H,9H2,1-5H3. The topological polar surface area (TPSA) is 91.1 Å².